The van der Waals surface area contributed by atoms with Crippen molar-refractivity contribution in [2.45, 2.75) is 11.4 Å². The highest BCUT2D eigenvalue weighted by atomic mass is 32.2. The average Bonchev–Trinajstić information content (AvgIpc) is 3.33. The molecule has 12 heteroatoms. The van der Waals surface area contributed by atoms with E-state index in [1.807, 2.05) is 36.2 Å². The van der Waals surface area contributed by atoms with Gasteiger partial charge in [-0.15, -0.1) is 0 Å². The first-order valence-electron chi connectivity index (χ1n) is 9.99. The van der Waals surface area contributed by atoms with Crippen LogP contribution >= 0.6 is 0 Å². The SMILES string of the molecule is CN1CCN(S(=O)(=O)c2ccc(NCc3ccc(-n4cncn4)cc3)c([N+](=O)[O-])c2)CC1. The molecule has 2 aromatic carbocycles. The smallest absolute Gasteiger partial charge is 0.293 e. The molecule has 0 amide bonds. The van der Waals surface area contributed by atoms with Gasteiger partial charge in [0.05, 0.1) is 15.5 Å². The fourth-order valence-electron chi connectivity index (χ4n) is 3.46. The Morgan fingerprint density at radius 3 is 2.44 bits per heavy atom. The number of likely N-dealkylation sites (N-methyl/N-ethyl adjacent to an activating group) is 1. The van der Waals surface area contributed by atoms with E-state index >= 15 is 0 Å². The number of sulfonamides is 1. The van der Waals surface area contributed by atoms with E-state index in [1.54, 1.807) is 11.0 Å². The Kier molecular flexibility index (Phi) is 6.17. The Hall–Kier alpha value is -3.35. The van der Waals surface area contributed by atoms with Gasteiger partial charge in [0.15, 0.2) is 0 Å². The van der Waals surface area contributed by atoms with Gasteiger partial charge in [-0.1, -0.05) is 12.1 Å². The standard InChI is InChI=1S/C20H23N7O4S/c1-24-8-10-25(11-9-24)32(30,31)18-6-7-19(20(12-18)27(28)29)22-13-16-2-4-17(5-3-16)26-15-21-14-23-26/h2-7,12,14-15,22H,8-11,13H2,1H3. The predicted octanol–water partition coefficient (Wildman–Crippen LogP) is 1.72. The largest absolute Gasteiger partial charge is 0.375 e. The number of hydrogen-bond acceptors (Lipinski definition) is 8. The molecule has 0 bridgehead atoms. The van der Waals surface area contributed by atoms with Crippen LogP contribution in [0.4, 0.5) is 11.4 Å². The second kappa shape index (κ2) is 9.02. The second-order valence-corrected chi connectivity index (χ2v) is 9.44. The van der Waals surface area contributed by atoms with Crippen LogP contribution < -0.4 is 5.32 Å². The highest BCUT2D eigenvalue weighted by Crippen LogP contribution is 2.29. The van der Waals surface area contributed by atoms with Crippen molar-refractivity contribution in [2.24, 2.45) is 0 Å². The molecule has 1 saturated heterocycles. The van der Waals surface area contributed by atoms with Crippen molar-refractivity contribution in [3.05, 3.63) is 70.8 Å². The van der Waals surface area contributed by atoms with Gasteiger partial charge in [-0.05, 0) is 36.9 Å². The molecule has 1 aliphatic rings. The molecule has 0 saturated carbocycles. The number of piperazine rings is 1. The summed E-state index contributed by atoms with van der Waals surface area (Å²) in [5, 5.41) is 18.7. The summed E-state index contributed by atoms with van der Waals surface area (Å²) < 4.78 is 28.9. The van der Waals surface area contributed by atoms with Crippen LogP contribution in [0.5, 0.6) is 0 Å². The Balaban J connectivity index is 1.50. The summed E-state index contributed by atoms with van der Waals surface area (Å²) in [6, 6.07) is 11.5. The average molecular weight is 458 g/mol. The van der Waals surface area contributed by atoms with Crippen LogP contribution in [0.2, 0.25) is 0 Å². The van der Waals surface area contributed by atoms with E-state index in [2.05, 4.69) is 15.4 Å². The lowest BCUT2D eigenvalue weighted by molar-refractivity contribution is -0.384. The number of aromatic nitrogens is 3. The van der Waals surface area contributed by atoms with Crippen molar-refractivity contribution in [3.63, 3.8) is 0 Å². The maximum Gasteiger partial charge on any atom is 0.293 e. The van der Waals surface area contributed by atoms with Gasteiger partial charge in [0.2, 0.25) is 10.0 Å². The summed E-state index contributed by atoms with van der Waals surface area (Å²) in [5.41, 5.74) is 1.72. The minimum atomic E-state index is -3.79. The number of hydrogen-bond donors (Lipinski definition) is 1. The first-order chi connectivity index (χ1) is 15.3. The van der Waals surface area contributed by atoms with Gasteiger partial charge in [0.1, 0.15) is 18.3 Å². The van der Waals surface area contributed by atoms with E-state index < -0.39 is 14.9 Å². The van der Waals surface area contributed by atoms with E-state index in [-0.39, 0.29) is 16.3 Å². The van der Waals surface area contributed by atoms with Crippen molar-refractivity contribution in [1.29, 1.82) is 0 Å². The number of nitro benzene ring substituents is 1. The number of nitro groups is 1. The summed E-state index contributed by atoms with van der Waals surface area (Å²) in [7, 11) is -1.86. The van der Waals surface area contributed by atoms with Crippen LogP contribution in [0.3, 0.4) is 0 Å². The molecule has 4 rings (SSSR count). The summed E-state index contributed by atoms with van der Waals surface area (Å²) in [4.78, 5) is 16.9. The van der Waals surface area contributed by atoms with E-state index in [9.17, 15) is 18.5 Å². The number of benzene rings is 2. The zero-order valence-electron chi connectivity index (χ0n) is 17.5. The van der Waals surface area contributed by atoms with Crippen LogP contribution in [0.1, 0.15) is 5.56 Å². The summed E-state index contributed by atoms with van der Waals surface area (Å²) in [5.74, 6) is 0. The van der Waals surface area contributed by atoms with Crippen LogP contribution in [0.15, 0.2) is 60.0 Å². The Morgan fingerprint density at radius 1 is 1.09 bits per heavy atom. The maximum atomic E-state index is 12.9. The molecule has 32 heavy (non-hydrogen) atoms. The molecule has 0 radical (unpaired) electrons. The van der Waals surface area contributed by atoms with Gasteiger partial charge >= 0.3 is 0 Å². The van der Waals surface area contributed by atoms with Gasteiger partial charge in [0.25, 0.3) is 5.69 Å². The van der Waals surface area contributed by atoms with Crippen molar-refractivity contribution in [3.8, 4) is 5.69 Å². The second-order valence-electron chi connectivity index (χ2n) is 7.50. The molecule has 2 heterocycles. The fourth-order valence-corrected chi connectivity index (χ4v) is 4.90. The van der Waals surface area contributed by atoms with E-state index in [4.69, 9.17) is 0 Å². The van der Waals surface area contributed by atoms with Crippen LogP contribution in [-0.2, 0) is 16.6 Å². The Morgan fingerprint density at radius 2 is 1.81 bits per heavy atom. The molecular formula is C20H23N7O4S. The minimum Gasteiger partial charge on any atom is -0.375 e. The maximum absolute atomic E-state index is 12.9. The van der Waals surface area contributed by atoms with Crippen molar-refractivity contribution >= 4 is 21.4 Å². The summed E-state index contributed by atoms with van der Waals surface area (Å²) >= 11 is 0. The van der Waals surface area contributed by atoms with Crippen molar-refractivity contribution in [1.82, 2.24) is 24.0 Å². The molecule has 0 spiro atoms. The molecule has 0 unspecified atom stereocenters. The first kappa shape index (κ1) is 21.9. The zero-order chi connectivity index (χ0) is 22.7. The molecule has 1 aliphatic heterocycles. The van der Waals surface area contributed by atoms with Gasteiger partial charge in [0, 0.05) is 38.8 Å². The highest BCUT2D eigenvalue weighted by molar-refractivity contribution is 7.89. The third-order valence-electron chi connectivity index (χ3n) is 5.37. The summed E-state index contributed by atoms with van der Waals surface area (Å²) in [6.45, 7) is 2.30. The third-order valence-corrected chi connectivity index (χ3v) is 7.26. The van der Waals surface area contributed by atoms with Gasteiger partial charge < -0.3 is 10.2 Å². The molecule has 0 atom stereocenters. The van der Waals surface area contributed by atoms with Gasteiger partial charge in [-0.2, -0.15) is 9.40 Å². The molecule has 11 nitrogen and oxygen atoms in total. The minimum absolute atomic E-state index is 0.0727. The molecule has 1 aromatic heterocycles. The fraction of sp³-hybridized carbons (Fsp3) is 0.300. The van der Waals surface area contributed by atoms with Crippen LogP contribution in [0.25, 0.3) is 5.69 Å². The van der Waals surface area contributed by atoms with Crippen LogP contribution in [0, 0.1) is 10.1 Å². The van der Waals surface area contributed by atoms with Gasteiger partial charge in [-0.25, -0.2) is 18.1 Å². The molecule has 1 N–H and O–H groups in total. The number of rotatable bonds is 7. The normalized spacial score (nSPS) is 15.5. The topological polar surface area (TPSA) is 126 Å². The van der Waals surface area contributed by atoms with Crippen molar-refractivity contribution in [2.75, 3.05) is 38.5 Å². The Bertz CT molecular complexity index is 1190. The molecule has 0 aliphatic carbocycles. The van der Waals surface area contributed by atoms with E-state index in [0.29, 0.717) is 32.7 Å². The lowest BCUT2D eigenvalue weighted by Gasteiger charge is -2.31. The highest BCUT2D eigenvalue weighted by Gasteiger charge is 2.29. The van der Waals surface area contributed by atoms with Crippen molar-refractivity contribution < 1.29 is 13.3 Å². The van der Waals surface area contributed by atoms with Gasteiger partial charge in [-0.3, -0.25) is 10.1 Å². The van der Waals surface area contributed by atoms with Crippen LogP contribution in [-0.4, -0.2) is 70.5 Å². The lowest BCUT2D eigenvalue weighted by atomic mass is 10.2. The third kappa shape index (κ3) is 4.61. The zero-order valence-corrected chi connectivity index (χ0v) is 18.3. The van der Waals surface area contributed by atoms with E-state index in [1.165, 1.54) is 22.8 Å². The summed E-state index contributed by atoms with van der Waals surface area (Å²) in [6.07, 6.45) is 3.04. The molecule has 3 aromatic rings. The molecule has 168 valence electrons. The number of nitrogens with one attached hydrogen (secondary N) is 1. The molecular weight excluding hydrogens is 434 g/mol. The quantitative estimate of drug-likeness (QED) is 0.420. The lowest BCUT2D eigenvalue weighted by Crippen LogP contribution is -2.47. The number of nitrogens with zero attached hydrogens (tertiary/aromatic N) is 6. The number of anilines is 1. The first-order valence-corrected chi connectivity index (χ1v) is 11.4. The molecule has 1 fully saturated rings. The predicted molar refractivity (Wildman–Crippen MR) is 118 cm³/mol. The Labute approximate surface area is 185 Å². The monoisotopic (exact) mass is 457 g/mol. The van der Waals surface area contributed by atoms with E-state index in [0.717, 1.165) is 17.3 Å².